The van der Waals surface area contributed by atoms with Crippen molar-refractivity contribution in [1.82, 2.24) is 4.72 Å². The zero-order valence-corrected chi connectivity index (χ0v) is 14.7. The molecule has 1 aliphatic carbocycles. The molecule has 130 valence electrons. The number of sulfonamides is 1. The highest BCUT2D eigenvalue weighted by Gasteiger charge is 2.30. The number of benzene rings is 2. The van der Waals surface area contributed by atoms with E-state index >= 15 is 0 Å². The van der Waals surface area contributed by atoms with Crippen molar-refractivity contribution in [3.63, 3.8) is 0 Å². The van der Waals surface area contributed by atoms with E-state index in [4.69, 9.17) is 0 Å². The lowest BCUT2D eigenvalue weighted by atomic mass is 9.84. The number of hydrogen-bond acceptors (Lipinski definition) is 4. The van der Waals surface area contributed by atoms with Crippen LogP contribution in [0.1, 0.15) is 58.0 Å². The van der Waals surface area contributed by atoms with Crippen LogP contribution in [0.5, 0.6) is 0 Å². The summed E-state index contributed by atoms with van der Waals surface area (Å²) in [5.41, 5.74) is 1.05. The first-order valence-corrected chi connectivity index (χ1v) is 9.76. The SMILES string of the molecule is CCCCCNS(=O)(=O)c1ccc2c(c1)C(=O)c1ccccc1C2=O. The molecule has 1 aliphatic rings. The smallest absolute Gasteiger partial charge is 0.240 e. The standard InChI is InChI=1S/C19H19NO4S/c1-2-3-6-11-20-25(23,24)13-9-10-16-17(12-13)19(22)15-8-5-4-7-14(15)18(16)21/h4-5,7-10,12,20H,2-3,6,11H2,1H3. The number of carbonyl (C=O) groups is 2. The minimum absolute atomic E-state index is 0.00304. The van der Waals surface area contributed by atoms with Gasteiger partial charge in [0.25, 0.3) is 0 Å². The molecule has 0 amide bonds. The highest BCUT2D eigenvalue weighted by Crippen LogP contribution is 2.28. The second-order valence-corrected chi connectivity index (χ2v) is 7.78. The summed E-state index contributed by atoms with van der Waals surface area (Å²) in [4.78, 5) is 25.2. The van der Waals surface area contributed by atoms with E-state index in [1.165, 1.54) is 18.2 Å². The number of rotatable bonds is 6. The number of carbonyl (C=O) groups excluding carboxylic acids is 2. The first kappa shape index (κ1) is 17.5. The fourth-order valence-corrected chi connectivity index (χ4v) is 4.01. The molecule has 1 N–H and O–H groups in total. The largest absolute Gasteiger partial charge is 0.289 e. The van der Waals surface area contributed by atoms with Gasteiger partial charge in [-0.15, -0.1) is 0 Å². The lowest BCUT2D eigenvalue weighted by molar-refractivity contribution is 0.0979. The number of unbranched alkanes of at least 4 members (excludes halogenated alkanes) is 2. The van der Waals surface area contributed by atoms with E-state index in [1.54, 1.807) is 24.3 Å². The Morgan fingerprint density at radius 1 is 0.840 bits per heavy atom. The monoisotopic (exact) mass is 357 g/mol. The Kier molecular flexibility index (Phi) is 4.83. The van der Waals surface area contributed by atoms with Crippen LogP contribution in [-0.2, 0) is 10.0 Å². The molecule has 2 aromatic carbocycles. The Labute approximate surface area is 147 Å². The Hall–Kier alpha value is -2.31. The van der Waals surface area contributed by atoms with Crippen molar-refractivity contribution in [3.05, 3.63) is 64.7 Å². The zero-order valence-electron chi connectivity index (χ0n) is 13.9. The molecular formula is C19H19NO4S. The normalized spacial score (nSPS) is 13.5. The van der Waals surface area contributed by atoms with Crippen molar-refractivity contribution in [2.24, 2.45) is 0 Å². The molecule has 0 radical (unpaired) electrons. The van der Waals surface area contributed by atoms with Gasteiger partial charge in [0.2, 0.25) is 10.0 Å². The van der Waals surface area contributed by atoms with E-state index in [-0.39, 0.29) is 27.6 Å². The second kappa shape index (κ2) is 6.90. The Morgan fingerprint density at radius 3 is 2.08 bits per heavy atom. The van der Waals surface area contributed by atoms with Crippen LogP contribution in [0.15, 0.2) is 47.4 Å². The summed E-state index contributed by atoms with van der Waals surface area (Å²) in [5, 5.41) is 0. The Morgan fingerprint density at radius 2 is 1.44 bits per heavy atom. The van der Waals surface area contributed by atoms with Crippen LogP contribution in [0.2, 0.25) is 0 Å². The lowest BCUT2D eigenvalue weighted by Gasteiger charge is -2.18. The van der Waals surface area contributed by atoms with Crippen LogP contribution in [0.25, 0.3) is 0 Å². The van der Waals surface area contributed by atoms with E-state index in [0.717, 1.165) is 19.3 Å². The highest BCUT2D eigenvalue weighted by molar-refractivity contribution is 7.89. The van der Waals surface area contributed by atoms with Gasteiger partial charge in [0.15, 0.2) is 11.6 Å². The average Bonchev–Trinajstić information content (AvgIpc) is 2.63. The topological polar surface area (TPSA) is 80.3 Å². The van der Waals surface area contributed by atoms with Crippen molar-refractivity contribution >= 4 is 21.6 Å². The minimum Gasteiger partial charge on any atom is -0.289 e. The molecule has 6 heteroatoms. The van der Waals surface area contributed by atoms with E-state index in [9.17, 15) is 18.0 Å². The molecule has 0 fully saturated rings. The van der Waals surface area contributed by atoms with E-state index in [2.05, 4.69) is 4.72 Å². The Balaban J connectivity index is 1.95. The summed E-state index contributed by atoms with van der Waals surface area (Å²) in [6.45, 7) is 2.39. The first-order chi connectivity index (χ1) is 12.0. The molecule has 0 aliphatic heterocycles. The van der Waals surface area contributed by atoms with Gasteiger partial charge in [-0.05, 0) is 24.6 Å². The summed E-state index contributed by atoms with van der Waals surface area (Å²) < 4.78 is 27.4. The van der Waals surface area contributed by atoms with Gasteiger partial charge in [-0.3, -0.25) is 9.59 Å². The average molecular weight is 357 g/mol. The van der Waals surface area contributed by atoms with Crippen LogP contribution in [0, 0.1) is 0 Å². The summed E-state index contributed by atoms with van der Waals surface area (Å²) in [6.07, 6.45) is 2.69. The van der Waals surface area contributed by atoms with E-state index < -0.39 is 10.0 Å². The predicted molar refractivity (Wildman–Crippen MR) is 94.5 cm³/mol. The summed E-state index contributed by atoms with van der Waals surface area (Å²) in [5.74, 6) is -0.585. The minimum atomic E-state index is -3.71. The molecule has 0 atom stereocenters. The quantitative estimate of drug-likeness (QED) is 0.688. The van der Waals surface area contributed by atoms with Gasteiger partial charge < -0.3 is 0 Å². The molecule has 0 aromatic heterocycles. The third-order valence-corrected chi connectivity index (χ3v) is 5.74. The van der Waals surface area contributed by atoms with Gasteiger partial charge in [0, 0.05) is 28.8 Å². The Bertz CT molecular complexity index is 948. The van der Waals surface area contributed by atoms with Gasteiger partial charge in [0.05, 0.1) is 4.90 Å². The first-order valence-electron chi connectivity index (χ1n) is 8.28. The van der Waals surface area contributed by atoms with Crippen molar-refractivity contribution in [2.45, 2.75) is 31.1 Å². The maximum absolute atomic E-state index is 12.7. The molecule has 0 bridgehead atoms. The van der Waals surface area contributed by atoms with Crippen LogP contribution in [-0.4, -0.2) is 26.5 Å². The predicted octanol–water partition coefficient (Wildman–Crippen LogP) is 2.93. The highest BCUT2D eigenvalue weighted by atomic mass is 32.2. The van der Waals surface area contributed by atoms with E-state index in [1.807, 2.05) is 6.92 Å². The van der Waals surface area contributed by atoms with Crippen LogP contribution in [0.3, 0.4) is 0 Å². The molecule has 0 saturated carbocycles. The second-order valence-electron chi connectivity index (χ2n) is 6.02. The lowest BCUT2D eigenvalue weighted by Crippen LogP contribution is -2.26. The maximum atomic E-state index is 12.7. The third-order valence-electron chi connectivity index (χ3n) is 4.28. The number of fused-ring (bicyclic) bond motifs is 2. The van der Waals surface area contributed by atoms with Crippen LogP contribution < -0.4 is 4.72 Å². The summed E-state index contributed by atoms with van der Waals surface area (Å²) in [6, 6.07) is 10.7. The molecule has 0 unspecified atom stereocenters. The van der Waals surface area contributed by atoms with Crippen LogP contribution >= 0.6 is 0 Å². The fourth-order valence-electron chi connectivity index (χ4n) is 2.91. The molecule has 5 nitrogen and oxygen atoms in total. The summed E-state index contributed by atoms with van der Waals surface area (Å²) in [7, 11) is -3.71. The molecule has 2 aromatic rings. The van der Waals surface area contributed by atoms with Crippen molar-refractivity contribution in [2.75, 3.05) is 6.54 Å². The maximum Gasteiger partial charge on any atom is 0.240 e. The molecule has 0 spiro atoms. The zero-order chi connectivity index (χ0) is 18.0. The number of nitrogens with one attached hydrogen (secondary N) is 1. The molecular weight excluding hydrogens is 338 g/mol. The molecule has 0 saturated heterocycles. The molecule has 3 rings (SSSR count). The molecule has 25 heavy (non-hydrogen) atoms. The van der Waals surface area contributed by atoms with Gasteiger partial charge in [-0.25, -0.2) is 13.1 Å². The molecule has 0 heterocycles. The van der Waals surface area contributed by atoms with E-state index in [0.29, 0.717) is 17.7 Å². The van der Waals surface area contributed by atoms with Gasteiger partial charge in [0.1, 0.15) is 0 Å². The number of hydrogen-bond donors (Lipinski definition) is 1. The van der Waals surface area contributed by atoms with Crippen LogP contribution in [0.4, 0.5) is 0 Å². The van der Waals surface area contributed by atoms with Crippen molar-refractivity contribution in [3.8, 4) is 0 Å². The van der Waals surface area contributed by atoms with Gasteiger partial charge in [-0.1, -0.05) is 44.0 Å². The number of ketones is 2. The fraction of sp³-hybridized carbons (Fsp3) is 0.263. The third kappa shape index (κ3) is 3.27. The van der Waals surface area contributed by atoms with Gasteiger partial charge >= 0.3 is 0 Å². The van der Waals surface area contributed by atoms with Gasteiger partial charge in [-0.2, -0.15) is 0 Å². The van der Waals surface area contributed by atoms with Crippen molar-refractivity contribution < 1.29 is 18.0 Å². The summed E-state index contributed by atoms with van der Waals surface area (Å²) >= 11 is 0. The van der Waals surface area contributed by atoms with Crippen molar-refractivity contribution in [1.29, 1.82) is 0 Å².